The Hall–Kier alpha value is -0.350. The number of likely N-dealkylation sites (N-methyl/N-ethyl adjacent to an activating group) is 1. The molecular weight excluding hydrogens is 282 g/mol. The van der Waals surface area contributed by atoms with Crippen LogP contribution < -0.4 is 5.32 Å². The van der Waals surface area contributed by atoms with Gasteiger partial charge in [-0.05, 0) is 44.2 Å². The second-order valence-electron chi connectivity index (χ2n) is 4.41. The van der Waals surface area contributed by atoms with E-state index in [1.165, 1.54) is 20.2 Å². The van der Waals surface area contributed by atoms with E-state index in [4.69, 9.17) is 11.6 Å². The Kier molecular flexibility index (Phi) is 4.84. The zero-order chi connectivity index (χ0) is 13.1. The summed E-state index contributed by atoms with van der Waals surface area (Å²) in [7, 11) is 0. The van der Waals surface area contributed by atoms with E-state index in [2.05, 4.69) is 38.2 Å². The van der Waals surface area contributed by atoms with Gasteiger partial charge in [0.25, 0.3) is 0 Å². The standard InChI is InChI=1S/C14H18ClNS2/c1-4-16-12(8-11-5-6-14(15)18-11)13-7-9(2)10(3)17-13/h5-7,12,16H,4,8H2,1-3H3. The van der Waals surface area contributed by atoms with Gasteiger partial charge in [-0.15, -0.1) is 22.7 Å². The maximum absolute atomic E-state index is 6.00. The minimum absolute atomic E-state index is 0.405. The number of hydrogen-bond acceptors (Lipinski definition) is 3. The molecule has 0 amide bonds. The molecule has 98 valence electrons. The fourth-order valence-corrected chi connectivity index (χ4v) is 4.21. The third-order valence-electron chi connectivity index (χ3n) is 3.01. The average Bonchev–Trinajstić information content (AvgIpc) is 2.86. The first-order valence-electron chi connectivity index (χ1n) is 6.14. The third kappa shape index (κ3) is 3.35. The van der Waals surface area contributed by atoms with E-state index in [1.54, 1.807) is 11.3 Å². The van der Waals surface area contributed by atoms with Crippen LogP contribution in [0.15, 0.2) is 18.2 Å². The highest BCUT2D eigenvalue weighted by atomic mass is 35.5. The molecule has 1 N–H and O–H groups in total. The number of nitrogens with one attached hydrogen (secondary N) is 1. The summed E-state index contributed by atoms with van der Waals surface area (Å²) in [5.41, 5.74) is 1.39. The van der Waals surface area contributed by atoms with E-state index in [0.717, 1.165) is 17.3 Å². The summed E-state index contributed by atoms with van der Waals surface area (Å²) in [5, 5.41) is 3.57. The van der Waals surface area contributed by atoms with Gasteiger partial charge in [-0.3, -0.25) is 0 Å². The Morgan fingerprint density at radius 1 is 1.28 bits per heavy atom. The SMILES string of the molecule is CCNC(Cc1ccc(Cl)s1)c1cc(C)c(C)s1. The van der Waals surface area contributed by atoms with Crippen molar-refractivity contribution in [1.82, 2.24) is 5.32 Å². The van der Waals surface area contributed by atoms with Gasteiger partial charge in [0.1, 0.15) is 0 Å². The highest BCUT2D eigenvalue weighted by molar-refractivity contribution is 7.16. The van der Waals surface area contributed by atoms with Crippen LogP contribution in [0.3, 0.4) is 0 Å². The molecule has 1 atom stereocenters. The number of aryl methyl sites for hydroxylation is 2. The number of halogens is 1. The van der Waals surface area contributed by atoms with Crippen molar-refractivity contribution in [3.8, 4) is 0 Å². The van der Waals surface area contributed by atoms with E-state index in [1.807, 2.05) is 17.4 Å². The van der Waals surface area contributed by atoms with Crippen molar-refractivity contribution < 1.29 is 0 Å². The molecule has 2 aromatic heterocycles. The monoisotopic (exact) mass is 299 g/mol. The molecule has 0 aliphatic heterocycles. The zero-order valence-electron chi connectivity index (χ0n) is 10.9. The topological polar surface area (TPSA) is 12.0 Å². The van der Waals surface area contributed by atoms with Crippen molar-refractivity contribution >= 4 is 34.3 Å². The minimum Gasteiger partial charge on any atom is -0.309 e. The first-order valence-corrected chi connectivity index (χ1v) is 8.15. The van der Waals surface area contributed by atoms with E-state index in [9.17, 15) is 0 Å². The molecule has 0 saturated carbocycles. The van der Waals surface area contributed by atoms with Gasteiger partial charge >= 0.3 is 0 Å². The lowest BCUT2D eigenvalue weighted by Crippen LogP contribution is -2.21. The molecule has 0 radical (unpaired) electrons. The zero-order valence-corrected chi connectivity index (χ0v) is 13.3. The minimum atomic E-state index is 0.405. The molecule has 0 aliphatic rings. The molecule has 1 nitrogen and oxygen atoms in total. The molecule has 2 heterocycles. The lowest BCUT2D eigenvalue weighted by Gasteiger charge is -2.15. The van der Waals surface area contributed by atoms with Crippen LogP contribution in [0.5, 0.6) is 0 Å². The second kappa shape index (κ2) is 6.20. The lowest BCUT2D eigenvalue weighted by atomic mass is 10.1. The van der Waals surface area contributed by atoms with Crippen molar-refractivity contribution in [3.05, 3.63) is 42.7 Å². The van der Waals surface area contributed by atoms with Crippen molar-refractivity contribution in [3.63, 3.8) is 0 Å². The van der Waals surface area contributed by atoms with Crippen LogP contribution in [-0.4, -0.2) is 6.54 Å². The summed E-state index contributed by atoms with van der Waals surface area (Å²) in [6, 6.07) is 6.82. The van der Waals surface area contributed by atoms with Gasteiger partial charge in [0, 0.05) is 27.1 Å². The van der Waals surface area contributed by atoms with Crippen molar-refractivity contribution in [2.24, 2.45) is 0 Å². The molecule has 0 aliphatic carbocycles. The summed E-state index contributed by atoms with van der Waals surface area (Å²) in [6.45, 7) is 7.51. The molecular formula is C14H18ClNS2. The van der Waals surface area contributed by atoms with Gasteiger partial charge in [0.05, 0.1) is 4.34 Å². The molecule has 2 aromatic rings. The van der Waals surface area contributed by atoms with Gasteiger partial charge in [0.2, 0.25) is 0 Å². The first kappa shape index (κ1) is 14.1. The molecule has 0 bridgehead atoms. The Morgan fingerprint density at radius 2 is 2.06 bits per heavy atom. The fraction of sp³-hybridized carbons (Fsp3) is 0.429. The van der Waals surface area contributed by atoms with Crippen LogP contribution in [0.4, 0.5) is 0 Å². The van der Waals surface area contributed by atoms with Crippen LogP contribution in [0.2, 0.25) is 4.34 Å². The second-order valence-corrected chi connectivity index (χ2v) is 7.50. The maximum Gasteiger partial charge on any atom is 0.0931 e. The summed E-state index contributed by atoms with van der Waals surface area (Å²) in [4.78, 5) is 4.18. The Labute approximate surface area is 122 Å². The van der Waals surface area contributed by atoms with Gasteiger partial charge in [-0.25, -0.2) is 0 Å². The predicted molar refractivity (Wildman–Crippen MR) is 83.2 cm³/mol. The van der Waals surface area contributed by atoms with E-state index in [0.29, 0.717) is 6.04 Å². The van der Waals surface area contributed by atoms with Gasteiger partial charge in [-0.2, -0.15) is 0 Å². The van der Waals surface area contributed by atoms with E-state index < -0.39 is 0 Å². The summed E-state index contributed by atoms with van der Waals surface area (Å²) >= 11 is 9.57. The van der Waals surface area contributed by atoms with Crippen LogP contribution >= 0.6 is 34.3 Å². The number of thiophene rings is 2. The van der Waals surface area contributed by atoms with Crippen molar-refractivity contribution in [1.29, 1.82) is 0 Å². The lowest BCUT2D eigenvalue weighted by molar-refractivity contribution is 0.561. The first-order chi connectivity index (χ1) is 8.60. The average molecular weight is 300 g/mol. The van der Waals surface area contributed by atoms with Gasteiger partial charge in [0.15, 0.2) is 0 Å². The van der Waals surface area contributed by atoms with Crippen molar-refractivity contribution in [2.45, 2.75) is 33.2 Å². The Balaban J connectivity index is 2.17. The summed E-state index contributed by atoms with van der Waals surface area (Å²) in [5.74, 6) is 0. The summed E-state index contributed by atoms with van der Waals surface area (Å²) in [6.07, 6.45) is 1.02. The normalized spacial score (nSPS) is 12.9. The molecule has 18 heavy (non-hydrogen) atoms. The molecule has 0 saturated heterocycles. The van der Waals surface area contributed by atoms with Crippen molar-refractivity contribution in [2.75, 3.05) is 6.54 Å². The van der Waals surface area contributed by atoms with Gasteiger partial charge < -0.3 is 5.32 Å². The molecule has 2 rings (SSSR count). The molecule has 1 unspecified atom stereocenters. The van der Waals surface area contributed by atoms with Crippen LogP contribution in [0, 0.1) is 13.8 Å². The predicted octanol–water partition coefficient (Wildman–Crippen LogP) is 4.97. The Bertz CT molecular complexity index is 496. The molecule has 0 fully saturated rings. The molecule has 0 spiro atoms. The summed E-state index contributed by atoms with van der Waals surface area (Å²) < 4.78 is 0.874. The fourth-order valence-electron chi connectivity index (χ4n) is 1.96. The highest BCUT2D eigenvalue weighted by Crippen LogP contribution is 2.31. The number of hydrogen-bond donors (Lipinski definition) is 1. The van der Waals surface area contributed by atoms with Crippen LogP contribution in [-0.2, 0) is 6.42 Å². The van der Waals surface area contributed by atoms with E-state index in [-0.39, 0.29) is 0 Å². The highest BCUT2D eigenvalue weighted by Gasteiger charge is 2.15. The van der Waals surface area contributed by atoms with E-state index >= 15 is 0 Å². The van der Waals surface area contributed by atoms with Crippen LogP contribution in [0.25, 0.3) is 0 Å². The number of rotatable bonds is 5. The molecule has 0 aromatic carbocycles. The Morgan fingerprint density at radius 3 is 2.56 bits per heavy atom. The quantitative estimate of drug-likeness (QED) is 0.821. The van der Waals surface area contributed by atoms with Gasteiger partial charge in [-0.1, -0.05) is 18.5 Å². The third-order valence-corrected chi connectivity index (χ3v) is 5.53. The molecule has 4 heteroatoms. The van der Waals surface area contributed by atoms with Crippen LogP contribution in [0.1, 0.15) is 33.2 Å². The smallest absolute Gasteiger partial charge is 0.0931 e. The maximum atomic E-state index is 6.00. The largest absolute Gasteiger partial charge is 0.309 e.